The van der Waals surface area contributed by atoms with Gasteiger partial charge in [-0.15, -0.1) is 0 Å². The highest BCUT2D eigenvalue weighted by atomic mass is 35.5. The molecule has 6 heteroatoms. The van der Waals surface area contributed by atoms with E-state index in [0.717, 1.165) is 24.5 Å². The number of esters is 1. The topological polar surface area (TPSA) is 46.6 Å². The van der Waals surface area contributed by atoms with E-state index in [1.807, 2.05) is 12.1 Å². The van der Waals surface area contributed by atoms with Crippen LogP contribution in [0.15, 0.2) is 24.3 Å². The van der Waals surface area contributed by atoms with Crippen molar-refractivity contribution in [1.82, 2.24) is 4.90 Å². The molecule has 1 saturated heterocycles. The monoisotopic (exact) mass is 343 g/mol. The molecule has 0 aliphatic carbocycles. The molecule has 0 aromatic heterocycles. The van der Waals surface area contributed by atoms with Crippen molar-refractivity contribution in [1.29, 1.82) is 0 Å². The van der Waals surface area contributed by atoms with E-state index < -0.39 is 16.8 Å². The minimum atomic E-state index is -1.19. The van der Waals surface area contributed by atoms with E-state index in [2.05, 4.69) is 28.8 Å². The molecule has 0 bridgehead atoms. The van der Waals surface area contributed by atoms with Gasteiger partial charge in [0, 0.05) is 28.1 Å². The molecule has 3 atom stereocenters. The summed E-state index contributed by atoms with van der Waals surface area (Å²) in [6.45, 7) is 1.91. The minimum Gasteiger partial charge on any atom is -0.468 e. The van der Waals surface area contributed by atoms with Crippen molar-refractivity contribution in [3.05, 3.63) is 34.9 Å². The second kappa shape index (κ2) is 8.09. The van der Waals surface area contributed by atoms with Crippen LogP contribution in [-0.4, -0.2) is 53.8 Å². The number of methoxy groups -OCH3 is 1. The molecular weight excluding hydrogens is 322 g/mol. The lowest BCUT2D eigenvalue weighted by Gasteiger charge is -2.37. The summed E-state index contributed by atoms with van der Waals surface area (Å²) in [6, 6.07) is 7.90. The predicted octanol–water partition coefficient (Wildman–Crippen LogP) is 2.30. The van der Waals surface area contributed by atoms with Crippen LogP contribution in [0.1, 0.15) is 17.9 Å². The third kappa shape index (κ3) is 4.80. The van der Waals surface area contributed by atoms with Crippen molar-refractivity contribution < 1.29 is 13.7 Å². The molecule has 0 spiro atoms. The summed E-state index contributed by atoms with van der Waals surface area (Å²) in [4.78, 5) is 13.5. The van der Waals surface area contributed by atoms with Crippen LogP contribution in [0, 0.1) is 5.92 Å². The van der Waals surface area contributed by atoms with Gasteiger partial charge in [0.25, 0.3) is 0 Å². The summed E-state index contributed by atoms with van der Waals surface area (Å²) < 4.78 is 16.8. The number of carbonyl (C=O) groups excluding carboxylic acids is 1. The first-order valence-electron chi connectivity index (χ1n) is 7.35. The van der Waals surface area contributed by atoms with Crippen molar-refractivity contribution in [2.24, 2.45) is 5.92 Å². The molecule has 22 heavy (non-hydrogen) atoms. The van der Waals surface area contributed by atoms with Gasteiger partial charge in [-0.2, -0.15) is 0 Å². The Bertz CT molecular complexity index is 535. The standard InChI is InChI=1S/C16H22ClNO3S/c1-18-8-7-15(12-3-5-14(17)6-4-12)13(9-18)10-22(20)11-16(19)21-2/h3-6,13,15H,7-11H2,1-2H3. The summed E-state index contributed by atoms with van der Waals surface area (Å²) in [5.74, 6) is 0.711. The Morgan fingerprint density at radius 2 is 2.09 bits per heavy atom. The Morgan fingerprint density at radius 3 is 2.73 bits per heavy atom. The van der Waals surface area contributed by atoms with E-state index in [4.69, 9.17) is 11.6 Å². The first kappa shape index (κ1) is 17.4. The first-order valence-corrected chi connectivity index (χ1v) is 9.22. The van der Waals surface area contributed by atoms with E-state index in [1.54, 1.807) is 0 Å². The minimum absolute atomic E-state index is 0.0238. The van der Waals surface area contributed by atoms with Gasteiger partial charge in [0.15, 0.2) is 0 Å². The molecule has 2 rings (SSSR count). The lowest BCUT2D eigenvalue weighted by atomic mass is 9.81. The number of piperidine rings is 1. The molecule has 0 saturated carbocycles. The molecule has 1 aliphatic heterocycles. The van der Waals surface area contributed by atoms with Crippen LogP contribution in [-0.2, 0) is 20.3 Å². The van der Waals surface area contributed by atoms with Crippen LogP contribution in [0.2, 0.25) is 5.02 Å². The maximum Gasteiger partial charge on any atom is 0.318 e. The van der Waals surface area contributed by atoms with E-state index in [1.165, 1.54) is 12.7 Å². The van der Waals surface area contributed by atoms with Crippen LogP contribution in [0.4, 0.5) is 0 Å². The molecule has 1 heterocycles. The van der Waals surface area contributed by atoms with Crippen LogP contribution < -0.4 is 0 Å². The highest BCUT2D eigenvalue weighted by Gasteiger charge is 2.30. The molecule has 1 aliphatic rings. The number of ether oxygens (including phenoxy) is 1. The van der Waals surface area contributed by atoms with Crippen LogP contribution >= 0.6 is 11.6 Å². The average molecular weight is 344 g/mol. The zero-order chi connectivity index (χ0) is 16.1. The van der Waals surface area contributed by atoms with Gasteiger partial charge in [0.1, 0.15) is 5.75 Å². The Hall–Kier alpha value is -0.910. The summed E-state index contributed by atoms with van der Waals surface area (Å²) in [5.41, 5.74) is 1.23. The van der Waals surface area contributed by atoms with Crippen molar-refractivity contribution in [2.75, 3.05) is 38.8 Å². The third-order valence-electron chi connectivity index (χ3n) is 4.14. The molecule has 1 aromatic rings. The summed E-state index contributed by atoms with van der Waals surface area (Å²) in [7, 11) is 2.21. The second-order valence-corrected chi connectivity index (χ2v) is 7.73. The molecule has 1 fully saturated rings. The number of likely N-dealkylation sites (tertiary alicyclic amines) is 1. The molecular formula is C16H22ClNO3S. The van der Waals surface area contributed by atoms with Crippen molar-refractivity contribution >= 4 is 28.4 Å². The predicted molar refractivity (Wildman–Crippen MR) is 89.7 cm³/mol. The van der Waals surface area contributed by atoms with Gasteiger partial charge in [-0.05, 0) is 49.5 Å². The molecule has 3 unspecified atom stereocenters. The SMILES string of the molecule is COC(=O)CS(=O)CC1CN(C)CCC1c1ccc(Cl)cc1. The normalized spacial score (nSPS) is 24.0. The molecule has 4 nitrogen and oxygen atoms in total. The summed E-state index contributed by atoms with van der Waals surface area (Å²) in [6.07, 6.45) is 1.03. The fourth-order valence-corrected chi connectivity index (χ4v) is 4.46. The molecule has 0 N–H and O–H groups in total. The van der Waals surface area contributed by atoms with Gasteiger partial charge in [-0.3, -0.25) is 9.00 Å². The zero-order valence-corrected chi connectivity index (χ0v) is 14.5. The number of hydrogen-bond donors (Lipinski definition) is 0. The number of rotatable bonds is 5. The molecule has 122 valence electrons. The van der Waals surface area contributed by atoms with Crippen molar-refractivity contribution in [2.45, 2.75) is 12.3 Å². The maximum absolute atomic E-state index is 12.2. The summed E-state index contributed by atoms with van der Waals surface area (Å²) >= 11 is 5.96. The van der Waals surface area contributed by atoms with Crippen molar-refractivity contribution in [3.8, 4) is 0 Å². The molecule has 1 aromatic carbocycles. The van der Waals surface area contributed by atoms with Crippen molar-refractivity contribution in [3.63, 3.8) is 0 Å². The first-order chi connectivity index (χ1) is 10.5. The molecule has 0 radical (unpaired) electrons. The lowest BCUT2D eigenvalue weighted by molar-refractivity contribution is -0.137. The fourth-order valence-electron chi connectivity index (χ4n) is 3.02. The van der Waals surface area contributed by atoms with Crippen LogP contribution in [0.3, 0.4) is 0 Å². The molecule has 0 amide bonds. The summed E-state index contributed by atoms with van der Waals surface area (Å²) in [5, 5.41) is 0.725. The van der Waals surface area contributed by atoms with Gasteiger partial charge in [0.05, 0.1) is 7.11 Å². The van der Waals surface area contributed by atoms with Gasteiger partial charge < -0.3 is 9.64 Å². The number of halogens is 1. The Morgan fingerprint density at radius 1 is 1.41 bits per heavy atom. The average Bonchev–Trinajstić information content (AvgIpc) is 2.48. The van der Waals surface area contributed by atoms with Crippen LogP contribution in [0.5, 0.6) is 0 Å². The van der Waals surface area contributed by atoms with E-state index in [-0.39, 0.29) is 11.7 Å². The van der Waals surface area contributed by atoms with Gasteiger partial charge in [-0.1, -0.05) is 23.7 Å². The largest absolute Gasteiger partial charge is 0.468 e. The highest BCUT2D eigenvalue weighted by Crippen LogP contribution is 2.33. The van der Waals surface area contributed by atoms with Gasteiger partial charge >= 0.3 is 5.97 Å². The fraction of sp³-hybridized carbons (Fsp3) is 0.562. The second-order valence-electron chi connectivity index (χ2n) is 5.80. The Kier molecular flexibility index (Phi) is 6.41. The Balaban J connectivity index is 2.08. The Labute approximate surface area is 139 Å². The van der Waals surface area contributed by atoms with Crippen LogP contribution in [0.25, 0.3) is 0 Å². The number of hydrogen-bond acceptors (Lipinski definition) is 4. The third-order valence-corrected chi connectivity index (χ3v) is 5.75. The lowest BCUT2D eigenvalue weighted by Crippen LogP contribution is -2.40. The zero-order valence-electron chi connectivity index (χ0n) is 13.0. The van der Waals surface area contributed by atoms with E-state index in [0.29, 0.717) is 11.7 Å². The maximum atomic E-state index is 12.2. The van der Waals surface area contributed by atoms with Gasteiger partial charge in [0.2, 0.25) is 0 Å². The van der Waals surface area contributed by atoms with Gasteiger partial charge in [-0.25, -0.2) is 0 Å². The number of carbonyl (C=O) groups is 1. The van der Waals surface area contributed by atoms with E-state index >= 15 is 0 Å². The number of benzene rings is 1. The number of nitrogens with zero attached hydrogens (tertiary/aromatic N) is 1. The van der Waals surface area contributed by atoms with E-state index in [9.17, 15) is 9.00 Å². The quantitative estimate of drug-likeness (QED) is 0.770. The highest BCUT2D eigenvalue weighted by molar-refractivity contribution is 7.85. The smallest absolute Gasteiger partial charge is 0.318 e.